The summed E-state index contributed by atoms with van der Waals surface area (Å²) in [5.74, 6) is 0.814. The molecule has 1 rings (SSSR count). The highest BCUT2D eigenvalue weighted by Gasteiger charge is 2.20. The van der Waals surface area contributed by atoms with Gasteiger partial charge in [-0.25, -0.2) is 4.98 Å². The molecule has 14 heavy (non-hydrogen) atoms. The van der Waals surface area contributed by atoms with Gasteiger partial charge in [0.25, 0.3) is 0 Å². The minimum atomic E-state index is -0.276. The van der Waals surface area contributed by atoms with Gasteiger partial charge in [0.05, 0.1) is 12.1 Å². The fourth-order valence-electron chi connectivity index (χ4n) is 1.09. The van der Waals surface area contributed by atoms with Crippen LogP contribution in [0, 0.1) is 6.92 Å². The van der Waals surface area contributed by atoms with Crippen LogP contribution in [0.1, 0.15) is 25.8 Å². The van der Waals surface area contributed by atoms with E-state index < -0.39 is 0 Å². The van der Waals surface area contributed by atoms with Gasteiger partial charge in [-0.2, -0.15) is 0 Å². The number of anilines is 1. The molecule has 0 radical (unpaired) electrons. The zero-order valence-corrected chi connectivity index (χ0v) is 9.04. The van der Waals surface area contributed by atoms with Crippen LogP contribution in [0.25, 0.3) is 0 Å². The molecule has 1 aromatic rings. The average Bonchev–Trinajstić information content (AvgIpc) is 2.21. The molecular weight excluding hydrogens is 176 g/mol. The van der Waals surface area contributed by atoms with Crippen LogP contribution in [0.15, 0.2) is 18.3 Å². The van der Waals surface area contributed by atoms with E-state index in [0.29, 0.717) is 0 Å². The Kier molecular flexibility index (Phi) is 3.47. The van der Waals surface area contributed by atoms with Gasteiger partial charge in [-0.3, -0.25) is 0 Å². The van der Waals surface area contributed by atoms with Crippen molar-refractivity contribution in [3.8, 4) is 0 Å². The minimum Gasteiger partial charge on any atom is -0.394 e. The Morgan fingerprint density at radius 3 is 2.64 bits per heavy atom. The van der Waals surface area contributed by atoms with Gasteiger partial charge in [-0.15, -0.1) is 0 Å². The van der Waals surface area contributed by atoms with Crippen molar-refractivity contribution in [2.45, 2.75) is 32.7 Å². The number of hydrogen-bond acceptors (Lipinski definition) is 3. The summed E-state index contributed by atoms with van der Waals surface area (Å²) in [6.45, 7) is 6.13. The van der Waals surface area contributed by atoms with Crippen molar-refractivity contribution in [3.63, 3.8) is 0 Å². The van der Waals surface area contributed by atoms with Crippen LogP contribution in [0.4, 0.5) is 5.82 Å². The van der Waals surface area contributed by atoms with Crippen molar-refractivity contribution < 1.29 is 5.11 Å². The maximum absolute atomic E-state index is 9.21. The molecule has 1 atom stereocenters. The number of aryl methyl sites for hydroxylation is 1. The normalized spacial score (nSPS) is 14.9. The molecule has 0 amide bonds. The fourth-order valence-corrected chi connectivity index (χ4v) is 1.09. The average molecular weight is 194 g/mol. The second-order valence-corrected chi connectivity index (χ2v) is 3.92. The van der Waals surface area contributed by atoms with E-state index in [9.17, 15) is 5.11 Å². The Hall–Kier alpha value is -1.09. The molecule has 1 heterocycles. The van der Waals surface area contributed by atoms with Crippen molar-refractivity contribution in [1.82, 2.24) is 4.98 Å². The molecule has 0 spiro atoms. The minimum absolute atomic E-state index is 0.110. The van der Waals surface area contributed by atoms with Crippen LogP contribution in [0.5, 0.6) is 0 Å². The molecule has 1 unspecified atom stereocenters. The monoisotopic (exact) mass is 194 g/mol. The van der Waals surface area contributed by atoms with Gasteiger partial charge < -0.3 is 10.4 Å². The Morgan fingerprint density at radius 1 is 1.50 bits per heavy atom. The number of aliphatic hydroxyl groups excluding tert-OH is 1. The first-order chi connectivity index (χ1) is 6.59. The number of pyridine rings is 1. The topological polar surface area (TPSA) is 45.1 Å². The van der Waals surface area contributed by atoms with Crippen LogP contribution in [-0.4, -0.2) is 22.2 Å². The Balaban J connectivity index is 2.72. The summed E-state index contributed by atoms with van der Waals surface area (Å²) in [6.07, 6.45) is 2.68. The Morgan fingerprint density at radius 2 is 2.21 bits per heavy atom. The molecule has 3 nitrogen and oxygen atoms in total. The number of rotatable bonds is 4. The highest BCUT2D eigenvalue weighted by Crippen LogP contribution is 2.15. The Labute approximate surface area is 85.2 Å². The third-order valence-electron chi connectivity index (χ3n) is 2.47. The van der Waals surface area contributed by atoms with Crippen LogP contribution in [0.3, 0.4) is 0 Å². The second-order valence-electron chi connectivity index (χ2n) is 3.92. The van der Waals surface area contributed by atoms with Gasteiger partial charge >= 0.3 is 0 Å². The van der Waals surface area contributed by atoms with E-state index in [1.54, 1.807) is 0 Å². The first kappa shape index (κ1) is 11.0. The maximum atomic E-state index is 9.21. The SMILES string of the molecule is CCC(C)(CO)Nc1ccc(C)cn1. The van der Waals surface area contributed by atoms with Crippen molar-refractivity contribution in [2.75, 3.05) is 11.9 Å². The van der Waals surface area contributed by atoms with Crippen LogP contribution in [-0.2, 0) is 0 Å². The smallest absolute Gasteiger partial charge is 0.126 e. The molecule has 2 N–H and O–H groups in total. The number of aliphatic hydroxyl groups is 1. The molecule has 3 heteroatoms. The van der Waals surface area contributed by atoms with Crippen molar-refractivity contribution >= 4 is 5.82 Å². The van der Waals surface area contributed by atoms with Crippen LogP contribution < -0.4 is 5.32 Å². The number of nitrogens with zero attached hydrogens (tertiary/aromatic N) is 1. The molecule has 0 fully saturated rings. The summed E-state index contributed by atoms with van der Waals surface area (Å²) < 4.78 is 0. The molecule has 78 valence electrons. The zero-order valence-electron chi connectivity index (χ0n) is 9.04. The van der Waals surface area contributed by atoms with E-state index in [4.69, 9.17) is 0 Å². The largest absolute Gasteiger partial charge is 0.394 e. The highest BCUT2D eigenvalue weighted by molar-refractivity contribution is 5.38. The summed E-state index contributed by atoms with van der Waals surface area (Å²) in [7, 11) is 0. The lowest BCUT2D eigenvalue weighted by molar-refractivity contribution is 0.218. The lowest BCUT2D eigenvalue weighted by Gasteiger charge is -2.27. The molecule has 0 aromatic carbocycles. The molecule has 0 aliphatic carbocycles. The number of nitrogens with one attached hydrogen (secondary N) is 1. The number of aromatic nitrogens is 1. The van der Waals surface area contributed by atoms with E-state index in [0.717, 1.165) is 17.8 Å². The third kappa shape index (κ3) is 2.70. The Bertz CT molecular complexity index is 278. The van der Waals surface area contributed by atoms with E-state index in [2.05, 4.69) is 10.3 Å². The maximum Gasteiger partial charge on any atom is 0.126 e. The van der Waals surface area contributed by atoms with Gasteiger partial charge in [0.15, 0.2) is 0 Å². The third-order valence-corrected chi connectivity index (χ3v) is 2.47. The van der Waals surface area contributed by atoms with Gasteiger partial charge in [0.1, 0.15) is 5.82 Å². The van der Waals surface area contributed by atoms with Crippen LogP contribution >= 0.6 is 0 Å². The first-order valence-electron chi connectivity index (χ1n) is 4.91. The van der Waals surface area contributed by atoms with Gasteiger partial charge in [-0.05, 0) is 31.9 Å². The molecule has 1 aromatic heterocycles. The molecule has 0 aliphatic heterocycles. The number of hydrogen-bond donors (Lipinski definition) is 2. The van der Waals surface area contributed by atoms with E-state index in [1.165, 1.54) is 0 Å². The fraction of sp³-hybridized carbons (Fsp3) is 0.545. The van der Waals surface area contributed by atoms with E-state index >= 15 is 0 Å². The summed E-state index contributed by atoms with van der Waals surface area (Å²) >= 11 is 0. The van der Waals surface area contributed by atoms with E-state index in [-0.39, 0.29) is 12.1 Å². The summed E-state index contributed by atoms with van der Waals surface area (Å²) in [5.41, 5.74) is 0.861. The molecule has 0 saturated carbocycles. The van der Waals surface area contributed by atoms with Crippen molar-refractivity contribution in [2.24, 2.45) is 0 Å². The predicted octanol–water partition coefficient (Wildman–Crippen LogP) is 1.96. The highest BCUT2D eigenvalue weighted by atomic mass is 16.3. The van der Waals surface area contributed by atoms with Gasteiger partial charge in [0.2, 0.25) is 0 Å². The van der Waals surface area contributed by atoms with Gasteiger partial charge in [-0.1, -0.05) is 13.0 Å². The van der Waals surface area contributed by atoms with Crippen molar-refractivity contribution in [1.29, 1.82) is 0 Å². The van der Waals surface area contributed by atoms with E-state index in [1.807, 2.05) is 39.1 Å². The molecular formula is C11H18N2O. The predicted molar refractivity (Wildman–Crippen MR) is 58.4 cm³/mol. The molecule has 0 saturated heterocycles. The van der Waals surface area contributed by atoms with Gasteiger partial charge in [0, 0.05) is 6.20 Å². The molecule has 0 aliphatic rings. The standard InChI is InChI=1S/C11H18N2O/c1-4-11(3,8-14)13-10-6-5-9(2)7-12-10/h5-7,14H,4,8H2,1-3H3,(H,12,13). The zero-order chi connectivity index (χ0) is 10.6. The van der Waals surface area contributed by atoms with Crippen molar-refractivity contribution in [3.05, 3.63) is 23.9 Å². The van der Waals surface area contributed by atoms with Crippen LogP contribution in [0.2, 0.25) is 0 Å². The lowest BCUT2D eigenvalue weighted by atomic mass is 10.0. The summed E-state index contributed by atoms with van der Waals surface area (Å²) in [5, 5.41) is 12.4. The lowest BCUT2D eigenvalue weighted by Crippen LogP contribution is -2.38. The second kappa shape index (κ2) is 4.42. The first-order valence-corrected chi connectivity index (χ1v) is 4.91. The summed E-state index contributed by atoms with van der Waals surface area (Å²) in [4.78, 5) is 4.24. The summed E-state index contributed by atoms with van der Waals surface area (Å²) in [6, 6.07) is 3.93. The quantitative estimate of drug-likeness (QED) is 0.770. The molecule has 0 bridgehead atoms.